The van der Waals surface area contributed by atoms with Crippen LogP contribution in [0.3, 0.4) is 0 Å². The van der Waals surface area contributed by atoms with Crippen LogP contribution < -0.4 is 11.3 Å². The van der Waals surface area contributed by atoms with E-state index < -0.39 is 0 Å². The van der Waals surface area contributed by atoms with Crippen molar-refractivity contribution in [2.24, 2.45) is 5.84 Å². The number of aromatic nitrogens is 2. The van der Waals surface area contributed by atoms with Gasteiger partial charge >= 0.3 is 0 Å². The minimum absolute atomic E-state index is 0.561. The predicted octanol–water partition coefficient (Wildman–Crippen LogP) is 1.78. The maximum Gasteiger partial charge on any atom is 0.166 e. The Kier molecular flexibility index (Phi) is 1.69. The number of rotatable bonds is 1. The normalized spacial score (nSPS) is 27.9. The van der Waals surface area contributed by atoms with Gasteiger partial charge in [0.05, 0.1) is 0 Å². The number of hydrazine groups is 1. The van der Waals surface area contributed by atoms with Crippen LogP contribution in [0.25, 0.3) is 0 Å². The lowest BCUT2D eigenvalue weighted by molar-refractivity contribution is 0.706. The molecule has 2 unspecified atom stereocenters. The summed E-state index contributed by atoms with van der Waals surface area (Å²) in [5.74, 6) is 7.29. The summed E-state index contributed by atoms with van der Waals surface area (Å²) in [6.07, 6.45) is 3.65. The van der Waals surface area contributed by atoms with Gasteiger partial charge in [0.15, 0.2) is 11.0 Å². The Bertz CT molecular complexity index is 393. The molecule has 2 aliphatic rings. The van der Waals surface area contributed by atoms with Gasteiger partial charge < -0.3 is 5.43 Å². The Morgan fingerprint density at radius 3 is 2.64 bits per heavy atom. The number of hydrogen-bond donors (Lipinski definition) is 2. The van der Waals surface area contributed by atoms with E-state index >= 15 is 0 Å². The summed E-state index contributed by atoms with van der Waals surface area (Å²) >= 11 is 6.05. The van der Waals surface area contributed by atoms with Crippen LogP contribution in [-0.4, -0.2) is 10.2 Å². The molecule has 14 heavy (non-hydrogen) atoms. The molecule has 0 amide bonds. The quantitative estimate of drug-likeness (QED) is 0.548. The third-order valence-corrected chi connectivity index (χ3v) is 3.67. The molecule has 1 heterocycles. The van der Waals surface area contributed by atoms with E-state index in [0.717, 1.165) is 0 Å². The maximum absolute atomic E-state index is 6.05. The Balaban J connectivity index is 2.24. The molecular formula is C9H11ClN4. The average Bonchev–Trinajstić information content (AvgIpc) is 2.79. The lowest BCUT2D eigenvalue weighted by Gasteiger charge is -2.17. The third kappa shape index (κ3) is 0.925. The van der Waals surface area contributed by atoms with Gasteiger partial charge in [-0.2, -0.15) is 0 Å². The first kappa shape index (κ1) is 8.44. The standard InChI is InChI=1S/C9H11ClN4/c10-8-6-4-1-2-5(3-4)7(6)9(12-11)14-13-8/h4-5H,1-3,11H2,(H,12,14). The zero-order valence-electron chi connectivity index (χ0n) is 7.63. The number of halogens is 1. The van der Waals surface area contributed by atoms with E-state index in [9.17, 15) is 0 Å². The molecule has 74 valence electrons. The van der Waals surface area contributed by atoms with Crippen molar-refractivity contribution in [3.63, 3.8) is 0 Å². The number of nitrogens with two attached hydrogens (primary N) is 1. The van der Waals surface area contributed by atoms with Crippen molar-refractivity contribution >= 4 is 17.4 Å². The molecule has 1 fully saturated rings. The molecule has 1 saturated carbocycles. The first-order valence-electron chi connectivity index (χ1n) is 4.84. The van der Waals surface area contributed by atoms with Gasteiger partial charge in [-0.3, -0.25) is 0 Å². The Morgan fingerprint density at radius 2 is 1.93 bits per heavy atom. The van der Waals surface area contributed by atoms with E-state index in [4.69, 9.17) is 17.4 Å². The van der Waals surface area contributed by atoms with E-state index in [2.05, 4.69) is 15.6 Å². The summed E-state index contributed by atoms with van der Waals surface area (Å²) in [7, 11) is 0. The van der Waals surface area contributed by atoms with Gasteiger partial charge in [0, 0.05) is 11.1 Å². The van der Waals surface area contributed by atoms with E-state index in [1.807, 2.05) is 0 Å². The van der Waals surface area contributed by atoms with E-state index in [0.29, 0.717) is 22.8 Å². The van der Waals surface area contributed by atoms with E-state index in [1.165, 1.54) is 30.4 Å². The molecule has 0 aromatic carbocycles. The molecule has 3 rings (SSSR count). The molecule has 1 aromatic rings. The van der Waals surface area contributed by atoms with Crippen LogP contribution in [0.5, 0.6) is 0 Å². The molecule has 2 bridgehead atoms. The fourth-order valence-corrected chi connectivity index (χ4v) is 3.15. The molecule has 5 heteroatoms. The molecule has 2 aliphatic carbocycles. The molecule has 4 nitrogen and oxygen atoms in total. The molecule has 3 N–H and O–H groups in total. The Morgan fingerprint density at radius 1 is 1.21 bits per heavy atom. The summed E-state index contributed by atoms with van der Waals surface area (Å²) in [4.78, 5) is 0. The molecule has 2 atom stereocenters. The number of fused-ring (bicyclic) bond motifs is 5. The Labute approximate surface area is 86.8 Å². The Hall–Kier alpha value is -0.870. The van der Waals surface area contributed by atoms with Gasteiger partial charge in [0.2, 0.25) is 0 Å². The van der Waals surface area contributed by atoms with Gasteiger partial charge in [0.1, 0.15) is 0 Å². The SMILES string of the molecule is NNc1nnc(Cl)c2c1C1CCC2C1. The van der Waals surface area contributed by atoms with Gasteiger partial charge in [-0.25, -0.2) is 5.84 Å². The van der Waals surface area contributed by atoms with Gasteiger partial charge in [0.25, 0.3) is 0 Å². The zero-order valence-corrected chi connectivity index (χ0v) is 8.38. The summed E-state index contributed by atoms with van der Waals surface area (Å²) in [6.45, 7) is 0. The molecule has 0 aliphatic heterocycles. The summed E-state index contributed by atoms with van der Waals surface area (Å²) in [6, 6.07) is 0. The highest BCUT2D eigenvalue weighted by atomic mass is 35.5. The topological polar surface area (TPSA) is 63.8 Å². The maximum atomic E-state index is 6.05. The van der Waals surface area contributed by atoms with Crippen molar-refractivity contribution in [3.8, 4) is 0 Å². The number of hydrogen-bond acceptors (Lipinski definition) is 4. The van der Waals surface area contributed by atoms with Crippen LogP contribution in [0.4, 0.5) is 5.82 Å². The minimum Gasteiger partial charge on any atom is -0.307 e. The molecule has 0 saturated heterocycles. The van der Waals surface area contributed by atoms with Gasteiger partial charge in [-0.15, -0.1) is 10.2 Å². The predicted molar refractivity (Wildman–Crippen MR) is 54.2 cm³/mol. The van der Waals surface area contributed by atoms with E-state index in [1.54, 1.807) is 0 Å². The monoisotopic (exact) mass is 210 g/mol. The van der Waals surface area contributed by atoms with Crippen molar-refractivity contribution in [3.05, 3.63) is 16.3 Å². The second-order valence-corrected chi connectivity index (χ2v) is 4.38. The van der Waals surface area contributed by atoms with Crippen LogP contribution in [-0.2, 0) is 0 Å². The zero-order chi connectivity index (χ0) is 9.71. The second-order valence-electron chi connectivity index (χ2n) is 4.02. The third-order valence-electron chi connectivity index (χ3n) is 3.39. The van der Waals surface area contributed by atoms with E-state index in [-0.39, 0.29) is 0 Å². The smallest absolute Gasteiger partial charge is 0.166 e. The largest absolute Gasteiger partial charge is 0.307 e. The van der Waals surface area contributed by atoms with Crippen molar-refractivity contribution in [1.29, 1.82) is 0 Å². The molecular weight excluding hydrogens is 200 g/mol. The summed E-state index contributed by atoms with van der Waals surface area (Å²) in [5, 5.41) is 8.44. The summed E-state index contributed by atoms with van der Waals surface area (Å²) < 4.78 is 0. The highest BCUT2D eigenvalue weighted by Crippen LogP contribution is 2.56. The number of anilines is 1. The van der Waals surface area contributed by atoms with Crippen molar-refractivity contribution in [1.82, 2.24) is 10.2 Å². The highest BCUT2D eigenvalue weighted by Gasteiger charge is 2.41. The number of nitrogen functional groups attached to an aromatic ring is 1. The van der Waals surface area contributed by atoms with Crippen molar-refractivity contribution in [2.45, 2.75) is 31.1 Å². The first-order chi connectivity index (χ1) is 6.81. The first-order valence-corrected chi connectivity index (χ1v) is 5.21. The average molecular weight is 211 g/mol. The lowest BCUT2D eigenvalue weighted by Crippen LogP contribution is -2.14. The van der Waals surface area contributed by atoms with Crippen LogP contribution in [0.1, 0.15) is 42.2 Å². The van der Waals surface area contributed by atoms with Crippen LogP contribution in [0.15, 0.2) is 0 Å². The number of nitrogens with zero attached hydrogens (tertiary/aromatic N) is 2. The van der Waals surface area contributed by atoms with Gasteiger partial charge in [-0.05, 0) is 31.1 Å². The van der Waals surface area contributed by atoms with Gasteiger partial charge in [-0.1, -0.05) is 11.6 Å². The number of nitrogens with one attached hydrogen (secondary N) is 1. The minimum atomic E-state index is 0.561. The second kappa shape index (κ2) is 2.81. The van der Waals surface area contributed by atoms with Crippen molar-refractivity contribution < 1.29 is 0 Å². The van der Waals surface area contributed by atoms with Crippen LogP contribution in [0.2, 0.25) is 5.15 Å². The van der Waals surface area contributed by atoms with Crippen LogP contribution >= 0.6 is 11.6 Å². The fourth-order valence-electron chi connectivity index (χ4n) is 2.85. The molecule has 0 radical (unpaired) electrons. The summed E-state index contributed by atoms with van der Waals surface area (Å²) in [5.41, 5.74) is 5.00. The fraction of sp³-hybridized carbons (Fsp3) is 0.556. The molecule has 0 spiro atoms. The highest BCUT2D eigenvalue weighted by molar-refractivity contribution is 6.30. The molecule has 1 aromatic heterocycles. The van der Waals surface area contributed by atoms with Crippen LogP contribution in [0, 0.1) is 0 Å². The lowest BCUT2D eigenvalue weighted by atomic mass is 9.94. The van der Waals surface area contributed by atoms with Crippen molar-refractivity contribution in [2.75, 3.05) is 5.43 Å².